The highest BCUT2D eigenvalue weighted by molar-refractivity contribution is 5.63. The molecule has 3 N–H and O–H groups in total. The van der Waals surface area contributed by atoms with E-state index in [0.29, 0.717) is 6.61 Å². The molecule has 0 saturated carbocycles. The SMILES string of the molecule is CC1OCC1NNC(=O)O. The Morgan fingerprint density at radius 1 is 1.80 bits per heavy atom. The van der Waals surface area contributed by atoms with Gasteiger partial charge < -0.3 is 9.84 Å². The van der Waals surface area contributed by atoms with Gasteiger partial charge in [0.05, 0.1) is 18.8 Å². The van der Waals surface area contributed by atoms with Crippen LogP contribution in [0.15, 0.2) is 0 Å². The molecule has 0 radical (unpaired) electrons. The van der Waals surface area contributed by atoms with Gasteiger partial charge in [0.2, 0.25) is 0 Å². The maximum atomic E-state index is 9.94. The topological polar surface area (TPSA) is 70.6 Å². The van der Waals surface area contributed by atoms with E-state index < -0.39 is 6.09 Å². The lowest BCUT2D eigenvalue weighted by Crippen LogP contribution is -2.58. The van der Waals surface area contributed by atoms with Crippen LogP contribution in [-0.4, -0.2) is 30.0 Å². The Morgan fingerprint density at radius 2 is 2.50 bits per heavy atom. The molecule has 1 aliphatic heterocycles. The van der Waals surface area contributed by atoms with Crippen LogP contribution in [0.2, 0.25) is 0 Å². The third-order valence-corrected chi connectivity index (χ3v) is 1.47. The van der Waals surface area contributed by atoms with Gasteiger partial charge in [-0.1, -0.05) is 0 Å². The molecule has 0 aromatic heterocycles. The van der Waals surface area contributed by atoms with E-state index in [1.54, 1.807) is 0 Å². The Balaban J connectivity index is 2.08. The molecule has 1 heterocycles. The van der Waals surface area contributed by atoms with Gasteiger partial charge in [-0.25, -0.2) is 10.2 Å². The summed E-state index contributed by atoms with van der Waals surface area (Å²) in [6, 6.07) is 0.121. The number of hydrazine groups is 1. The smallest absolute Gasteiger partial charge is 0.419 e. The molecule has 1 amide bonds. The highest BCUT2D eigenvalue weighted by Crippen LogP contribution is 2.09. The minimum Gasteiger partial charge on any atom is -0.464 e. The number of ether oxygens (including phenoxy) is 1. The minimum absolute atomic E-state index is 0.104. The number of amides is 1. The van der Waals surface area contributed by atoms with Crippen molar-refractivity contribution in [2.45, 2.75) is 19.1 Å². The molecule has 10 heavy (non-hydrogen) atoms. The fourth-order valence-corrected chi connectivity index (χ4v) is 0.698. The van der Waals surface area contributed by atoms with Crippen molar-refractivity contribution in [1.29, 1.82) is 0 Å². The van der Waals surface area contributed by atoms with Crippen LogP contribution in [0.3, 0.4) is 0 Å². The van der Waals surface area contributed by atoms with E-state index in [1.165, 1.54) is 0 Å². The second-order valence-electron chi connectivity index (χ2n) is 2.22. The van der Waals surface area contributed by atoms with E-state index in [1.807, 2.05) is 6.92 Å². The molecule has 0 spiro atoms. The highest BCUT2D eigenvalue weighted by atomic mass is 16.5. The zero-order chi connectivity index (χ0) is 7.56. The van der Waals surface area contributed by atoms with E-state index in [4.69, 9.17) is 9.84 Å². The maximum Gasteiger partial charge on any atom is 0.419 e. The monoisotopic (exact) mass is 146 g/mol. The number of hydrogen-bond acceptors (Lipinski definition) is 3. The number of hydrogen-bond donors (Lipinski definition) is 3. The van der Waals surface area contributed by atoms with E-state index in [-0.39, 0.29) is 12.1 Å². The highest BCUT2D eigenvalue weighted by Gasteiger charge is 2.27. The third kappa shape index (κ3) is 1.58. The summed E-state index contributed by atoms with van der Waals surface area (Å²) >= 11 is 0. The Hall–Kier alpha value is -0.810. The summed E-state index contributed by atoms with van der Waals surface area (Å²) < 4.78 is 4.98. The van der Waals surface area contributed by atoms with Crippen LogP contribution in [0.1, 0.15) is 6.92 Å². The van der Waals surface area contributed by atoms with Crippen molar-refractivity contribution in [1.82, 2.24) is 10.9 Å². The minimum atomic E-state index is -1.07. The molecule has 5 nitrogen and oxygen atoms in total. The number of nitrogens with one attached hydrogen (secondary N) is 2. The summed E-state index contributed by atoms with van der Waals surface area (Å²) in [6.45, 7) is 2.45. The number of carbonyl (C=O) groups is 1. The van der Waals surface area contributed by atoms with Gasteiger partial charge in [-0.05, 0) is 6.92 Å². The van der Waals surface area contributed by atoms with E-state index in [0.717, 1.165) is 0 Å². The summed E-state index contributed by atoms with van der Waals surface area (Å²) in [6.07, 6.45) is -0.967. The van der Waals surface area contributed by atoms with Gasteiger partial charge in [0.1, 0.15) is 0 Å². The first-order valence-corrected chi connectivity index (χ1v) is 3.06. The van der Waals surface area contributed by atoms with Gasteiger partial charge in [0.15, 0.2) is 0 Å². The first-order valence-electron chi connectivity index (χ1n) is 3.06. The zero-order valence-corrected chi connectivity index (χ0v) is 5.63. The molecule has 0 aromatic rings. The van der Waals surface area contributed by atoms with Crippen LogP contribution >= 0.6 is 0 Å². The fraction of sp³-hybridized carbons (Fsp3) is 0.800. The first kappa shape index (κ1) is 7.30. The number of carboxylic acid groups (broad SMARTS) is 1. The Kier molecular flexibility index (Phi) is 2.08. The molecular formula is C5H10N2O3. The zero-order valence-electron chi connectivity index (χ0n) is 5.63. The average Bonchev–Trinajstić information content (AvgIpc) is 1.84. The van der Waals surface area contributed by atoms with Gasteiger partial charge >= 0.3 is 6.09 Å². The van der Waals surface area contributed by atoms with Crippen LogP contribution in [0, 0.1) is 0 Å². The predicted molar refractivity (Wildman–Crippen MR) is 33.5 cm³/mol. The molecule has 0 aliphatic carbocycles. The average molecular weight is 146 g/mol. The second kappa shape index (κ2) is 2.85. The standard InChI is InChI=1S/C5H10N2O3/c1-3-4(2-10-3)6-7-5(8)9/h3-4,6-7H,2H2,1H3,(H,8,9). The second-order valence-corrected chi connectivity index (χ2v) is 2.22. The summed E-state index contributed by atoms with van der Waals surface area (Å²) in [5.74, 6) is 0. The molecule has 1 rings (SSSR count). The normalized spacial score (nSPS) is 30.9. The number of rotatable bonds is 2. The van der Waals surface area contributed by atoms with E-state index >= 15 is 0 Å². The van der Waals surface area contributed by atoms with Crippen molar-refractivity contribution in [3.63, 3.8) is 0 Å². The molecule has 0 bridgehead atoms. The van der Waals surface area contributed by atoms with Crippen LogP contribution in [0.4, 0.5) is 4.79 Å². The third-order valence-electron chi connectivity index (χ3n) is 1.47. The van der Waals surface area contributed by atoms with Crippen LogP contribution in [-0.2, 0) is 4.74 Å². The van der Waals surface area contributed by atoms with Gasteiger partial charge in [0, 0.05) is 0 Å². The van der Waals surface area contributed by atoms with Crippen molar-refractivity contribution in [2.24, 2.45) is 0 Å². The Bertz CT molecular complexity index is 139. The van der Waals surface area contributed by atoms with Crippen LogP contribution in [0.25, 0.3) is 0 Å². The largest absolute Gasteiger partial charge is 0.464 e. The summed E-state index contributed by atoms with van der Waals surface area (Å²) in [5.41, 5.74) is 4.66. The van der Waals surface area contributed by atoms with Crippen molar-refractivity contribution < 1.29 is 14.6 Å². The van der Waals surface area contributed by atoms with Gasteiger partial charge in [-0.15, -0.1) is 0 Å². The maximum absolute atomic E-state index is 9.94. The quantitative estimate of drug-likeness (QED) is 0.461. The Morgan fingerprint density at radius 3 is 2.80 bits per heavy atom. The van der Waals surface area contributed by atoms with Crippen molar-refractivity contribution >= 4 is 6.09 Å². The lowest BCUT2D eigenvalue weighted by atomic mass is 10.1. The van der Waals surface area contributed by atoms with E-state index in [2.05, 4.69) is 10.9 Å². The molecule has 1 aliphatic rings. The molecule has 0 aromatic carbocycles. The summed E-state index contributed by atoms with van der Waals surface area (Å²) in [7, 11) is 0. The van der Waals surface area contributed by atoms with E-state index in [9.17, 15) is 4.79 Å². The lowest BCUT2D eigenvalue weighted by Gasteiger charge is -2.34. The Labute approximate surface area is 58.3 Å². The van der Waals surface area contributed by atoms with Gasteiger partial charge in [-0.3, -0.25) is 5.43 Å². The van der Waals surface area contributed by atoms with Crippen molar-refractivity contribution in [2.75, 3.05) is 6.61 Å². The predicted octanol–water partition coefficient (Wildman–Crippen LogP) is -0.454. The first-order chi connectivity index (χ1) is 4.70. The molecular weight excluding hydrogens is 136 g/mol. The van der Waals surface area contributed by atoms with Crippen molar-refractivity contribution in [3.8, 4) is 0 Å². The molecule has 1 fully saturated rings. The van der Waals surface area contributed by atoms with Gasteiger partial charge in [0.25, 0.3) is 0 Å². The molecule has 5 heteroatoms. The molecule has 2 atom stereocenters. The summed E-state index contributed by atoms with van der Waals surface area (Å²) in [4.78, 5) is 9.94. The van der Waals surface area contributed by atoms with Crippen molar-refractivity contribution in [3.05, 3.63) is 0 Å². The van der Waals surface area contributed by atoms with Gasteiger partial charge in [-0.2, -0.15) is 0 Å². The fourth-order valence-electron chi connectivity index (χ4n) is 0.698. The van der Waals surface area contributed by atoms with Crippen LogP contribution in [0.5, 0.6) is 0 Å². The molecule has 1 saturated heterocycles. The molecule has 2 unspecified atom stereocenters. The lowest BCUT2D eigenvalue weighted by molar-refractivity contribution is -0.0789. The summed E-state index contributed by atoms with van der Waals surface area (Å²) in [5, 5.41) is 8.15. The molecule has 58 valence electrons. The van der Waals surface area contributed by atoms with Crippen LogP contribution < -0.4 is 10.9 Å².